The first-order valence-electron chi connectivity index (χ1n) is 8.18. The van der Waals surface area contributed by atoms with Crippen LogP contribution in [0.4, 0.5) is 0 Å². The monoisotopic (exact) mass is 292 g/mol. The number of likely N-dealkylation sites (tertiary alicyclic amines) is 1. The van der Waals surface area contributed by atoms with Crippen LogP contribution in [0.3, 0.4) is 0 Å². The van der Waals surface area contributed by atoms with Gasteiger partial charge in [-0.3, -0.25) is 4.90 Å². The van der Waals surface area contributed by atoms with Crippen molar-refractivity contribution in [3.63, 3.8) is 0 Å². The second-order valence-electron chi connectivity index (χ2n) is 6.60. The number of hydrogen-bond acceptors (Lipinski definition) is 3. The minimum Gasteiger partial charge on any atom is -0.319 e. The van der Waals surface area contributed by atoms with E-state index in [1.165, 1.54) is 43.5 Å². The van der Waals surface area contributed by atoms with Gasteiger partial charge in [-0.15, -0.1) is 11.3 Å². The molecule has 1 aliphatic heterocycles. The Morgan fingerprint density at radius 2 is 2.05 bits per heavy atom. The summed E-state index contributed by atoms with van der Waals surface area (Å²) < 4.78 is 0. The highest BCUT2D eigenvalue weighted by Gasteiger charge is 2.39. The SMILES string of the molecule is CNCC1CCCCN(C2CC2)C1c1cc(C)sc1C. The van der Waals surface area contributed by atoms with E-state index in [0.717, 1.165) is 18.5 Å². The minimum absolute atomic E-state index is 0.655. The highest BCUT2D eigenvalue weighted by molar-refractivity contribution is 7.12. The molecule has 3 rings (SSSR count). The van der Waals surface area contributed by atoms with Crippen LogP contribution in [0.1, 0.15) is 53.5 Å². The van der Waals surface area contributed by atoms with E-state index in [1.54, 1.807) is 10.4 Å². The van der Waals surface area contributed by atoms with Crippen molar-refractivity contribution in [1.29, 1.82) is 0 Å². The third-order valence-electron chi connectivity index (χ3n) is 4.93. The topological polar surface area (TPSA) is 15.3 Å². The van der Waals surface area contributed by atoms with E-state index < -0.39 is 0 Å². The summed E-state index contributed by atoms with van der Waals surface area (Å²) in [6.07, 6.45) is 7.00. The zero-order chi connectivity index (χ0) is 14.1. The fourth-order valence-corrected chi connectivity index (χ4v) is 4.90. The van der Waals surface area contributed by atoms with E-state index in [-0.39, 0.29) is 0 Å². The number of rotatable bonds is 4. The van der Waals surface area contributed by atoms with Crippen LogP contribution in [-0.2, 0) is 0 Å². The van der Waals surface area contributed by atoms with E-state index in [0.29, 0.717) is 6.04 Å². The van der Waals surface area contributed by atoms with Gasteiger partial charge in [0.05, 0.1) is 0 Å². The van der Waals surface area contributed by atoms with E-state index in [9.17, 15) is 0 Å². The molecule has 1 saturated carbocycles. The Kier molecular flexibility index (Phi) is 4.49. The van der Waals surface area contributed by atoms with Crippen molar-refractivity contribution in [1.82, 2.24) is 10.2 Å². The first-order valence-corrected chi connectivity index (χ1v) is 8.99. The summed E-state index contributed by atoms with van der Waals surface area (Å²) in [5, 5.41) is 3.45. The second-order valence-corrected chi connectivity index (χ2v) is 8.06. The third-order valence-corrected chi connectivity index (χ3v) is 5.91. The van der Waals surface area contributed by atoms with Gasteiger partial charge in [-0.1, -0.05) is 6.42 Å². The maximum absolute atomic E-state index is 3.45. The number of nitrogens with one attached hydrogen (secondary N) is 1. The quantitative estimate of drug-likeness (QED) is 0.905. The molecule has 2 fully saturated rings. The lowest BCUT2D eigenvalue weighted by Crippen LogP contribution is -2.37. The Balaban J connectivity index is 1.94. The normalized spacial score (nSPS) is 28.6. The van der Waals surface area contributed by atoms with Gasteiger partial charge in [-0.2, -0.15) is 0 Å². The minimum atomic E-state index is 0.655. The number of hydrogen-bond donors (Lipinski definition) is 1. The number of nitrogens with zero attached hydrogens (tertiary/aromatic N) is 1. The molecule has 2 aliphatic rings. The molecule has 2 nitrogen and oxygen atoms in total. The van der Waals surface area contributed by atoms with Crippen LogP contribution < -0.4 is 5.32 Å². The third kappa shape index (κ3) is 2.95. The van der Waals surface area contributed by atoms with Gasteiger partial charge in [0.25, 0.3) is 0 Å². The van der Waals surface area contributed by atoms with Crippen molar-refractivity contribution in [2.24, 2.45) is 5.92 Å². The molecular formula is C17H28N2S. The molecule has 3 heteroatoms. The molecule has 1 aromatic heterocycles. The lowest BCUT2D eigenvalue weighted by atomic mass is 9.89. The predicted octanol–water partition coefficient (Wildman–Crippen LogP) is 3.89. The molecule has 0 amide bonds. The molecule has 1 N–H and O–H groups in total. The molecule has 1 saturated heterocycles. The van der Waals surface area contributed by atoms with E-state index in [4.69, 9.17) is 0 Å². The first kappa shape index (κ1) is 14.6. The van der Waals surface area contributed by atoms with E-state index >= 15 is 0 Å². The van der Waals surface area contributed by atoms with Gasteiger partial charge in [0.15, 0.2) is 0 Å². The summed E-state index contributed by atoms with van der Waals surface area (Å²) in [6, 6.07) is 3.99. The Bertz CT molecular complexity index is 450. The average Bonchev–Trinajstić information content (AvgIpc) is 3.19. The van der Waals surface area contributed by atoms with Crippen LogP contribution in [0.15, 0.2) is 6.07 Å². The van der Waals surface area contributed by atoms with Gasteiger partial charge in [0, 0.05) is 21.8 Å². The molecule has 112 valence electrons. The van der Waals surface area contributed by atoms with Crippen molar-refractivity contribution >= 4 is 11.3 Å². The Hall–Kier alpha value is -0.380. The summed E-state index contributed by atoms with van der Waals surface area (Å²) in [6.45, 7) is 7.04. The lowest BCUT2D eigenvalue weighted by molar-refractivity contribution is 0.145. The molecule has 1 aliphatic carbocycles. The lowest BCUT2D eigenvalue weighted by Gasteiger charge is -2.35. The van der Waals surface area contributed by atoms with Gasteiger partial charge < -0.3 is 5.32 Å². The smallest absolute Gasteiger partial charge is 0.0402 e. The Labute approximate surface area is 127 Å². The summed E-state index contributed by atoms with van der Waals surface area (Å²) in [5.74, 6) is 0.774. The maximum atomic E-state index is 3.45. The standard InChI is InChI=1S/C17H28N2S/c1-12-10-16(13(2)20-12)17-14(11-18-3)6-4-5-9-19(17)15-7-8-15/h10,14-15,17-18H,4-9,11H2,1-3H3. The van der Waals surface area contributed by atoms with Crippen molar-refractivity contribution in [2.75, 3.05) is 20.1 Å². The van der Waals surface area contributed by atoms with Gasteiger partial charge in [-0.25, -0.2) is 0 Å². The highest BCUT2D eigenvalue weighted by atomic mass is 32.1. The first-order chi connectivity index (χ1) is 9.70. The molecule has 0 radical (unpaired) electrons. The molecule has 1 aromatic rings. The highest BCUT2D eigenvalue weighted by Crippen LogP contribution is 2.44. The molecule has 0 bridgehead atoms. The molecule has 2 heterocycles. The van der Waals surface area contributed by atoms with Crippen molar-refractivity contribution < 1.29 is 0 Å². The Morgan fingerprint density at radius 1 is 1.25 bits per heavy atom. The van der Waals surface area contributed by atoms with E-state index in [2.05, 4.69) is 37.2 Å². The zero-order valence-corrected chi connectivity index (χ0v) is 13.9. The Morgan fingerprint density at radius 3 is 2.65 bits per heavy atom. The molecular weight excluding hydrogens is 264 g/mol. The molecule has 20 heavy (non-hydrogen) atoms. The van der Waals surface area contributed by atoms with Crippen LogP contribution >= 0.6 is 11.3 Å². The largest absolute Gasteiger partial charge is 0.319 e. The molecule has 0 spiro atoms. The van der Waals surface area contributed by atoms with Crippen molar-refractivity contribution in [3.05, 3.63) is 21.4 Å². The van der Waals surface area contributed by atoms with Gasteiger partial charge >= 0.3 is 0 Å². The van der Waals surface area contributed by atoms with Crippen LogP contribution in [0.5, 0.6) is 0 Å². The van der Waals surface area contributed by atoms with Crippen LogP contribution in [0, 0.1) is 19.8 Å². The summed E-state index contributed by atoms with van der Waals surface area (Å²) in [5.41, 5.74) is 1.63. The van der Waals surface area contributed by atoms with Crippen molar-refractivity contribution in [3.8, 4) is 0 Å². The molecule has 2 atom stereocenters. The van der Waals surface area contributed by atoms with Gasteiger partial charge in [0.1, 0.15) is 0 Å². The van der Waals surface area contributed by atoms with Gasteiger partial charge in [0.2, 0.25) is 0 Å². The van der Waals surface area contributed by atoms with Crippen LogP contribution in [0.25, 0.3) is 0 Å². The molecule has 0 aromatic carbocycles. The second kappa shape index (κ2) is 6.17. The number of aryl methyl sites for hydroxylation is 2. The van der Waals surface area contributed by atoms with Crippen LogP contribution in [-0.4, -0.2) is 31.1 Å². The predicted molar refractivity (Wildman–Crippen MR) is 87.5 cm³/mol. The number of thiophene rings is 1. The fourth-order valence-electron chi connectivity index (χ4n) is 3.94. The average molecular weight is 292 g/mol. The summed E-state index contributed by atoms with van der Waals surface area (Å²) in [4.78, 5) is 5.87. The fraction of sp³-hybridized carbons (Fsp3) is 0.765. The maximum Gasteiger partial charge on any atom is 0.0402 e. The van der Waals surface area contributed by atoms with Crippen molar-refractivity contribution in [2.45, 2.75) is 58.0 Å². The van der Waals surface area contributed by atoms with Crippen LogP contribution in [0.2, 0.25) is 0 Å². The summed E-state index contributed by atoms with van der Waals surface area (Å²) >= 11 is 1.98. The van der Waals surface area contributed by atoms with Gasteiger partial charge in [-0.05, 0) is 77.2 Å². The zero-order valence-electron chi connectivity index (χ0n) is 13.1. The van der Waals surface area contributed by atoms with E-state index in [1.807, 2.05) is 11.3 Å². The summed E-state index contributed by atoms with van der Waals surface area (Å²) in [7, 11) is 2.11. The molecule has 2 unspecified atom stereocenters.